The van der Waals surface area contributed by atoms with E-state index >= 15 is 0 Å². The Kier molecular flexibility index (Phi) is 56.2. The summed E-state index contributed by atoms with van der Waals surface area (Å²) in [5.41, 5.74) is 0. The Balaban J connectivity index is 5.24. The highest BCUT2D eigenvalue weighted by Gasteiger charge is 2.30. The average Bonchev–Trinajstić information content (AvgIpc) is 3.49. The lowest BCUT2D eigenvalue weighted by atomic mass is 10.0. The highest BCUT2D eigenvalue weighted by molar-refractivity contribution is 7.47. The number of hydrogen-bond acceptors (Lipinski definition) is 15. The van der Waals surface area contributed by atoms with Gasteiger partial charge in [-0.15, -0.1) is 0 Å². The van der Waals surface area contributed by atoms with Gasteiger partial charge in [-0.25, -0.2) is 9.13 Å². The zero-order chi connectivity index (χ0) is 62.2. The molecule has 0 saturated heterocycles. The third-order valence-corrected chi connectivity index (χ3v) is 16.9. The Bertz CT molecular complexity index is 1650. The van der Waals surface area contributed by atoms with Gasteiger partial charge in [-0.2, -0.15) is 0 Å². The molecule has 19 heteroatoms. The van der Waals surface area contributed by atoms with Gasteiger partial charge in [0.2, 0.25) is 0 Å². The zero-order valence-corrected chi connectivity index (χ0v) is 56.0. The molecule has 0 aromatic carbocycles. The van der Waals surface area contributed by atoms with Crippen LogP contribution in [0.5, 0.6) is 0 Å². The van der Waals surface area contributed by atoms with Crippen molar-refractivity contribution in [2.45, 2.75) is 342 Å². The third kappa shape index (κ3) is 59.0. The molecule has 17 nitrogen and oxygen atoms in total. The first-order valence-corrected chi connectivity index (χ1v) is 37.0. The average molecular weight is 1240 g/mol. The second-order valence-electron chi connectivity index (χ2n) is 24.5. The molecule has 0 bridgehead atoms. The van der Waals surface area contributed by atoms with Gasteiger partial charge in [-0.05, 0) is 37.5 Å². The van der Waals surface area contributed by atoms with Crippen molar-refractivity contribution in [1.82, 2.24) is 0 Å². The van der Waals surface area contributed by atoms with Crippen LogP contribution in [0.2, 0.25) is 0 Å². The minimum absolute atomic E-state index is 0.105. The van der Waals surface area contributed by atoms with Crippen molar-refractivity contribution in [3.8, 4) is 0 Å². The molecule has 2 unspecified atom stereocenters. The lowest BCUT2D eigenvalue weighted by Gasteiger charge is -2.21. The summed E-state index contributed by atoms with van der Waals surface area (Å²) in [6.45, 7) is 9.45. The third-order valence-electron chi connectivity index (χ3n) is 15.0. The molecule has 0 rings (SSSR count). The Morgan fingerprint density at radius 2 is 0.548 bits per heavy atom. The van der Waals surface area contributed by atoms with Gasteiger partial charge < -0.3 is 33.8 Å². The van der Waals surface area contributed by atoms with E-state index in [1.807, 2.05) is 0 Å². The van der Waals surface area contributed by atoms with Crippen molar-refractivity contribution in [2.75, 3.05) is 39.6 Å². The number of aliphatic hydroxyl groups is 1. The van der Waals surface area contributed by atoms with Crippen molar-refractivity contribution < 1.29 is 80.2 Å². The molecular weight excluding hydrogens is 1110 g/mol. The maximum Gasteiger partial charge on any atom is 0.472 e. The first kappa shape index (κ1) is 82.1. The van der Waals surface area contributed by atoms with Gasteiger partial charge in [0, 0.05) is 25.7 Å². The molecule has 3 N–H and O–H groups in total. The summed E-state index contributed by atoms with van der Waals surface area (Å²) in [6.07, 6.45) is 40.2. The maximum atomic E-state index is 13.0. The molecule has 84 heavy (non-hydrogen) atoms. The van der Waals surface area contributed by atoms with Crippen LogP contribution in [0.25, 0.3) is 0 Å². The van der Waals surface area contributed by atoms with Crippen molar-refractivity contribution in [3.63, 3.8) is 0 Å². The van der Waals surface area contributed by atoms with E-state index in [4.69, 9.17) is 37.0 Å². The van der Waals surface area contributed by atoms with E-state index in [-0.39, 0.29) is 25.7 Å². The van der Waals surface area contributed by atoms with Gasteiger partial charge in [-0.1, -0.05) is 273 Å². The van der Waals surface area contributed by atoms with Crippen LogP contribution in [-0.2, 0) is 65.4 Å². The summed E-state index contributed by atoms with van der Waals surface area (Å²) in [5, 5.41) is 10.5. The number of esters is 4. The lowest BCUT2D eigenvalue weighted by molar-refractivity contribution is -0.161. The van der Waals surface area contributed by atoms with Crippen molar-refractivity contribution in [2.24, 2.45) is 11.8 Å². The first-order valence-electron chi connectivity index (χ1n) is 34.0. The lowest BCUT2D eigenvalue weighted by Crippen LogP contribution is -2.30. The molecule has 0 radical (unpaired) electrons. The predicted molar refractivity (Wildman–Crippen MR) is 335 cm³/mol. The van der Waals surface area contributed by atoms with Crippen molar-refractivity contribution in [3.05, 3.63) is 0 Å². The van der Waals surface area contributed by atoms with Crippen molar-refractivity contribution >= 4 is 39.5 Å². The van der Waals surface area contributed by atoms with Gasteiger partial charge in [0.15, 0.2) is 12.2 Å². The van der Waals surface area contributed by atoms with Gasteiger partial charge >= 0.3 is 39.5 Å². The molecule has 0 fully saturated rings. The van der Waals surface area contributed by atoms with Crippen LogP contribution in [0.3, 0.4) is 0 Å². The van der Waals surface area contributed by atoms with E-state index in [9.17, 15) is 43.2 Å². The van der Waals surface area contributed by atoms with Crippen LogP contribution in [0.15, 0.2) is 0 Å². The molecule has 0 spiro atoms. The second-order valence-corrected chi connectivity index (χ2v) is 27.4. The Labute approximate surface area is 511 Å². The molecule has 0 saturated carbocycles. The highest BCUT2D eigenvalue weighted by Crippen LogP contribution is 2.45. The summed E-state index contributed by atoms with van der Waals surface area (Å²) in [5.74, 6) is -0.652. The number of carbonyl (C=O) groups is 4. The standard InChI is InChI=1S/C65H126O17P2/c1-7-9-11-13-15-17-18-24-31-37-43-49-64(69)81-60(53-75-62(67)47-41-35-29-21-16-14-12-10-8-2)55-79-83(71,72)77-51-59(66)52-78-84(73,74)80-56-61(82-65(70)50-44-38-32-26-20-23-28-34-40-46-58(5)6)54-76-63(68)48-42-36-30-25-19-22-27-33-39-45-57(3)4/h57-61,66H,7-56H2,1-6H3,(H,71,72)(H,73,74)/t59-,60+,61+/m0/s1. The van der Waals surface area contributed by atoms with Gasteiger partial charge in [0.25, 0.3) is 0 Å². The molecule has 0 aliphatic heterocycles. The number of rotatable bonds is 64. The number of unbranched alkanes of at least 4 members (excludes halogenated alkanes) is 34. The van der Waals surface area contributed by atoms with Gasteiger partial charge in [-0.3, -0.25) is 37.3 Å². The fraction of sp³-hybridized carbons (Fsp3) is 0.938. The smallest absolute Gasteiger partial charge is 0.462 e. The van der Waals surface area contributed by atoms with Crippen LogP contribution in [0, 0.1) is 11.8 Å². The van der Waals surface area contributed by atoms with Gasteiger partial charge in [0.1, 0.15) is 19.3 Å². The quantitative estimate of drug-likeness (QED) is 0.0222. The molecule has 0 aromatic heterocycles. The molecule has 498 valence electrons. The number of hydrogen-bond donors (Lipinski definition) is 3. The predicted octanol–water partition coefficient (Wildman–Crippen LogP) is 18.0. The normalized spacial score (nSPS) is 14.3. The van der Waals surface area contributed by atoms with E-state index < -0.39 is 97.5 Å². The molecule has 0 aliphatic carbocycles. The number of carbonyl (C=O) groups excluding carboxylic acids is 4. The Morgan fingerprint density at radius 3 is 0.810 bits per heavy atom. The minimum atomic E-state index is -4.95. The Morgan fingerprint density at radius 1 is 0.321 bits per heavy atom. The first-order chi connectivity index (χ1) is 40.4. The minimum Gasteiger partial charge on any atom is -0.462 e. The topological polar surface area (TPSA) is 237 Å². The second kappa shape index (κ2) is 57.5. The van der Waals surface area contributed by atoms with Crippen LogP contribution < -0.4 is 0 Å². The van der Waals surface area contributed by atoms with E-state index in [0.717, 1.165) is 102 Å². The number of ether oxygens (including phenoxy) is 4. The largest absolute Gasteiger partial charge is 0.472 e. The summed E-state index contributed by atoms with van der Waals surface area (Å²) >= 11 is 0. The number of aliphatic hydroxyl groups excluding tert-OH is 1. The monoisotopic (exact) mass is 1240 g/mol. The Hall–Kier alpha value is -1.94. The van der Waals surface area contributed by atoms with E-state index in [2.05, 4.69) is 41.5 Å². The number of phosphoric ester groups is 2. The summed E-state index contributed by atoms with van der Waals surface area (Å²) < 4.78 is 68.0. The van der Waals surface area contributed by atoms with Gasteiger partial charge in [0.05, 0.1) is 26.4 Å². The van der Waals surface area contributed by atoms with Crippen LogP contribution in [-0.4, -0.2) is 96.7 Å². The zero-order valence-electron chi connectivity index (χ0n) is 54.2. The van der Waals surface area contributed by atoms with Crippen molar-refractivity contribution in [1.29, 1.82) is 0 Å². The molecule has 0 aliphatic rings. The van der Waals surface area contributed by atoms with Crippen LogP contribution >= 0.6 is 15.6 Å². The summed E-state index contributed by atoms with van der Waals surface area (Å²) in [4.78, 5) is 72.2. The maximum absolute atomic E-state index is 13.0. The fourth-order valence-corrected chi connectivity index (χ4v) is 11.3. The summed E-state index contributed by atoms with van der Waals surface area (Å²) in [7, 11) is -9.89. The number of phosphoric acid groups is 2. The molecule has 0 aromatic rings. The summed E-state index contributed by atoms with van der Waals surface area (Å²) in [6, 6.07) is 0. The van der Waals surface area contributed by atoms with Crippen LogP contribution in [0.4, 0.5) is 0 Å². The molecule has 0 amide bonds. The van der Waals surface area contributed by atoms with Crippen LogP contribution in [0.1, 0.15) is 324 Å². The van der Waals surface area contributed by atoms with E-state index in [0.29, 0.717) is 25.7 Å². The highest BCUT2D eigenvalue weighted by atomic mass is 31.2. The SMILES string of the molecule is CCCCCCCCCCCCCC(=O)O[C@H](COC(=O)CCCCCCCCCCC)COP(=O)(O)OC[C@H](O)COP(=O)(O)OC[C@@H](COC(=O)CCCCCCCCCCCC(C)C)OC(=O)CCCCCCCCCCCC(C)C. The molecular formula is C65H126O17P2. The fourth-order valence-electron chi connectivity index (χ4n) is 9.71. The van der Waals surface area contributed by atoms with E-state index in [1.165, 1.54) is 141 Å². The molecule has 0 heterocycles. The molecule has 5 atom stereocenters. The van der Waals surface area contributed by atoms with E-state index in [1.54, 1.807) is 0 Å².